The zero-order chi connectivity index (χ0) is 21.1. The average molecular weight is 408 g/mol. The lowest BCUT2D eigenvalue weighted by Gasteiger charge is -2.15. The van der Waals surface area contributed by atoms with Gasteiger partial charge in [0.05, 0.1) is 30.1 Å². The summed E-state index contributed by atoms with van der Waals surface area (Å²) >= 11 is 0. The van der Waals surface area contributed by atoms with Crippen molar-refractivity contribution in [2.24, 2.45) is 5.41 Å². The molecule has 2 aromatic rings. The van der Waals surface area contributed by atoms with E-state index in [1.807, 2.05) is 6.07 Å². The van der Waals surface area contributed by atoms with Gasteiger partial charge in [-0.3, -0.25) is 9.78 Å². The lowest BCUT2D eigenvalue weighted by molar-refractivity contribution is -0.137. The van der Waals surface area contributed by atoms with Crippen molar-refractivity contribution in [2.75, 3.05) is 13.2 Å². The molecule has 1 saturated carbocycles. The third kappa shape index (κ3) is 6.10. The highest BCUT2D eigenvalue weighted by Crippen LogP contribution is 2.45. The number of carbonyl (C=O) groups excluding carboxylic acids is 1. The van der Waals surface area contributed by atoms with E-state index in [0.717, 1.165) is 12.1 Å². The summed E-state index contributed by atoms with van der Waals surface area (Å²) in [6.07, 6.45) is -0.427. The fourth-order valence-electron chi connectivity index (χ4n) is 2.59. The molecule has 1 N–H and O–H groups in total. The molecule has 0 spiro atoms. The number of carbonyl (C=O) groups is 1. The molecular weight excluding hydrogens is 385 g/mol. The predicted molar refractivity (Wildman–Crippen MR) is 101 cm³/mol. The molecule has 1 aliphatic carbocycles. The highest BCUT2D eigenvalue weighted by Gasteiger charge is 2.38. The van der Waals surface area contributed by atoms with Crippen LogP contribution >= 0.6 is 0 Å². The lowest BCUT2D eigenvalue weighted by atomic mass is 10.2. The Morgan fingerprint density at radius 3 is 2.34 bits per heavy atom. The molecule has 1 heterocycles. The fourth-order valence-corrected chi connectivity index (χ4v) is 2.59. The lowest BCUT2D eigenvalue weighted by Crippen LogP contribution is -2.31. The Balaban J connectivity index is 1.44. The summed E-state index contributed by atoms with van der Waals surface area (Å²) in [5, 5.41) is 2.74. The van der Waals surface area contributed by atoms with Crippen molar-refractivity contribution in [1.82, 2.24) is 10.3 Å². The Hall–Kier alpha value is -2.77. The van der Waals surface area contributed by atoms with Gasteiger partial charge in [-0.1, -0.05) is 6.92 Å². The van der Waals surface area contributed by atoms with Crippen LogP contribution in [0.3, 0.4) is 0 Å². The van der Waals surface area contributed by atoms with E-state index in [1.54, 1.807) is 19.2 Å². The first kappa shape index (κ1) is 21.0. The van der Waals surface area contributed by atoms with Gasteiger partial charge in [0.2, 0.25) is 0 Å². The van der Waals surface area contributed by atoms with Crippen LogP contribution in [0.25, 0.3) is 0 Å². The van der Waals surface area contributed by atoms with Crippen molar-refractivity contribution in [3.05, 3.63) is 53.9 Å². The summed E-state index contributed by atoms with van der Waals surface area (Å²) in [6, 6.07) is 7.43. The second-order valence-corrected chi connectivity index (χ2v) is 7.62. The van der Waals surface area contributed by atoms with Crippen LogP contribution in [0.15, 0.2) is 42.6 Å². The molecule has 1 aliphatic rings. The summed E-state index contributed by atoms with van der Waals surface area (Å²) in [4.78, 5) is 16.4. The molecule has 1 aromatic carbocycles. The quantitative estimate of drug-likeness (QED) is 0.697. The van der Waals surface area contributed by atoms with Gasteiger partial charge in [-0.05, 0) is 56.2 Å². The van der Waals surface area contributed by atoms with Gasteiger partial charge in [-0.2, -0.15) is 13.2 Å². The second-order valence-electron chi connectivity index (χ2n) is 7.62. The summed E-state index contributed by atoms with van der Waals surface area (Å²) in [6.45, 7) is 4.32. The molecule has 1 aromatic heterocycles. The molecule has 8 heteroatoms. The zero-order valence-electron chi connectivity index (χ0n) is 16.3. The van der Waals surface area contributed by atoms with Gasteiger partial charge in [0, 0.05) is 5.41 Å². The summed E-state index contributed by atoms with van der Waals surface area (Å²) < 4.78 is 48.6. The van der Waals surface area contributed by atoms with E-state index >= 15 is 0 Å². The average Bonchev–Trinajstić information content (AvgIpc) is 3.42. The Morgan fingerprint density at radius 1 is 1.14 bits per heavy atom. The number of pyridine rings is 1. The molecule has 0 aliphatic heterocycles. The summed E-state index contributed by atoms with van der Waals surface area (Å²) in [5.74, 6) is 0.469. The second kappa shape index (κ2) is 8.31. The van der Waals surface area contributed by atoms with E-state index in [-0.39, 0.29) is 23.8 Å². The Bertz CT molecular complexity index is 832. The smallest absolute Gasteiger partial charge is 0.416 e. The van der Waals surface area contributed by atoms with Crippen LogP contribution < -0.4 is 14.8 Å². The molecule has 1 amide bonds. The van der Waals surface area contributed by atoms with Crippen LogP contribution in [0, 0.1) is 5.41 Å². The zero-order valence-corrected chi connectivity index (χ0v) is 16.3. The molecule has 1 atom stereocenters. The largest absolute Gasteiger partial charge is 0.491 e. The molecule has 156 valence electrons. The van der Waals surface area contributed by atoms with Gasteiger partial charge in [-0.15, -0.1) is 0 Å². The number of nitrogens with zero attached hydrogens (tertiary/aromatic N) is 1. The predicted octanol–water partition coefficient (Wildman–Crippen LogP) is 4.54. The third-order valence-corrected chi connectivity index (χ3v) is 4.82. The van der Waals surface area contributed by atoms with Crippen molar-refractivity contribution in [3.63, 3.8) is 0 Å². The minimum absolute atomic E-state index is 0.185. The van der Waals surface area contributed by atoms with E-state index in [4.69, 9.17) is 9.47 Å². The van der Waals surface area contributed by atoms with E-state index in [0.29, 0.717) is 18.1 Å². The van der Waals surface area contributed by atoms with Crippen LogP contribution in [-0.4, -0.2) is 24.1 Å². The molecule has 0 unspecified atom stereocenters. The van der Waals surface area contributed by atoms with E-state index in [1.165, 1.54) is 25.0 Å². The van der Waals surface area contributed by atoms with Crippen molar-refractivity contribution >= 4 is 5.91 Å². The molecule has 0 saturated heterocycles. The van der Waals surface area contributed by atoms with Gasteiger partial charge in [0.25, 0.3) is 5.91 Å². The number of nitrogens with one attached hydrogen (secondary N) is 1. The van der Waals surface area contributed by atoms with Gasteiger partial charge in [-0.25, -0.2) is 0 Å². The molecule has 0 bridgehead atoms. The number of alkyl halides is 3. The third-order valence-electron chi connectivity index (χ3n) is 4.82. The first-order valence-electron chi connectivity index (χ1n) is 9.33. The molecule has 3 rings (SSSR count). The standard InChI is InChI=1S/C21H23F3N2O3/c1-14(18-8-7-17(11-25-18)29-13-20(2)9-10-20)26-19(27)12-28-16-5-3-15(4-6-16)21(22,23)24/h3-8,11,14H,9-10,12-13H2,1-2H3,(H,26,27)/t14-/m1/s1. The molecule has 29 heavy (non-hydrogen) atoms. The van der Waals surface area contributed by atoms with Gasteiger partial charge >= 0.3 is 6.18 Å². The van der Waals surface area contributed by atoms with Crippen LogP contribution in [0.1, 0.15) is 44.0 Å². The van der Waals surface area contributed by atoms with Crippen molar-refractivity contribution < 1.29 is 27.4 Å². The van der Waals surface area contributed by atoms with Crippen LogP contribution in [0.4, 0.5) is 13.2 Å². The molecule has 5 nitrogen and oxygen atoms in total. The van der Waals surface area contributed by atoms with Gasteiger partial charge in [0.15, 0.2) is 6.61 Å². The number of halogens is 3. The van der Waals surface area contributed by atoms with E-state index in [9.17, 15) is 18.0 Å². The van der Waals surface area contributed by atoms with Crippen LogP contribution in [-0.2, 0) is 11.0 Å². The molecule has 0 radical (unpaired) electrons. The SMILES string of the molecule is C[C@@H](NC(=O)COc1ccc(C(F)(F)F)cc1)c1ccc(OCC2(C)CC2)cn1. The summed E-state index contributed by atoms with van der Waals surface area (Å²) in [7, 11) is 0. The summed E-state index contributed by atoms with van der Waals surface area (Å²) in [5.41, 5.74) is 0.179. The van der Waals surface area contributed by atoms with Crippen molar-refractivity contribution in [2.45, 2.75) is 38.9 Å². The first-order valence-corrected chi connectivity index (χ1v) is 9.33. The number of rotatable bonds is 8. The number of ether oxygens (including phenoxy) is 2. The maximum Gasteiger partial charge on any atom is 0.416 e. The Morgan fingerprint density at radius 2 is 1.79 bits per heavy atom. The highest BCUT2D eigenvalue weighted by atomic mass is 19.4. The van der Waals surface area contributed by atoms with E-state index in [2.05, 4.69) is 17.2 Å². The number of amides is 1. The van der Waals surface area contributed by atoms with E-state index < -0.39 is 17.6 Å². The number of hydrogen-bond donors (Lipinski definition) is 1. The minimum Gasteiger partial charge on any atom is -0.491 e. The monoisotopic (exact) mass is 408 g/mol. The molecule has 1 fully saturated rings. The fraction of sp³-hybridized carbons (Fsp3) is 0.429. The van der Waals surface area contributed by atoms with Crippen LogP contribution in [0.2, 0.25) is 0 Å². The number of benzene rings is 1. The van der Waals surface area contributed by atoms with Gasteiger partial charge in [0.1, 0.15) is 11.5 Å². The first-order chi connectivity index (χ1) is 13.6. The minimum atomic E-state index is -4.41. The Labute approximate surface area is 167 Å². The maximum atomic E-state index is 12.5. The number of aromatic nitrogens is 1. The van der Waals surface area contributed by atoms with Crippen molar-refractivity contribution in [3.8, 4) is 11.5 Å². The Kier molecular flexibility index (Phi) is 6.00. The van der Waals surface area contributed by atoms with Crippen LogP contribution in [0.5, 0.6) is 11.5 Å². The number of hydrogen-bond acceptors (Lipinski definition) is 4. The highest BCUT2D eigenvalue weighted by molar-refractivity contribution is 5.77. The van der Waals surface area contributed by atoms with Crippen molar-refractivity contribution in [1.29, 1.82) is 0 Å². The maximum absolute atomic E-state index is 12.5. The topological polar surface area (TPSA) is 60.5 Å². The normalized spacial score (nSPS) is 16.0. The molecular formula is C21H23F3N2O3. The van der Waals surface area contributed by atoms with Gasteiger partial charge < -0.3 is 14.8 Å².